The Labute approximate surface area is 212 Å². The summed E-state index contributed by atoms with van der Waals surface area (Å²) >= 11 is 0. The van der Waals surface area contributed by atoms with Crippen LogP contribution in [0.25, 0.3) is 10.8 Å². The fraction of sp³-hybridized carbons (Fsp3) is 0.433. The monoisotopic (exact) mass is 480 g/mol. The number of carbonyl (C=O) groups excluding carboxylic acids is 1. The van der Waals surface area contributed by atoms with E-state index in [1.54, 1.807) is 6.20 Å². The first-order valence-corrected chi connectivity index (χ1v) is 13.2. The molecule has 1 saturated heterocycles. The number of amides is 1. The molecule has 1 saturated carbocycles. The third-order valence-corrected chi connectivity index (χ3v) is 8.69. The summed E-state index contributed by atoms with van der Waals surface area (Å²) < 4.78 is 0. The van der Waals surface area contributed by atoms with E-state index in [-0.39, 0.29) is 11.9 Å². The molecule has 2 aromatic carbocycles. The number of likely N-dealkylation sites (tertiary alicyclic amines) is 1. The number of pyridine rings is 1. The Morgan fingerprint density at radius 3 is 2.58 bits per heavy atom. The average molecular weight is 481 g/mol. The lowest BCUT2D eigenvalue weighted by molar-refractivity contribution is 0.0192. The van der Waals surface area contributed by atoms with Gasteiger partial charge in [-0.3, -0.25) is 14.7 Å². The maximum absolute atomic E-state index is 13.6. The van der Waals surface area contributed by atoms with E-state index < -0.39 is 11.5 Å². The van der Waals surface area contributed by atoms with Crippen molar-refractivity contribution in [2.75, 3.05) is 13.1 Å². The van der Waals surface area contributed by atoms with E-state index in [2.05, 4.69) is 40.2 Å². The minimum Gasteiger partial charge on any atom is -0.391 e. The van der Waals surface area contributed by atoms with Crippen LogP contribution < -0.4 is 0 Å². The second kappa shape index (κ2) is 9.31. The zero-order valence-corrected chi connectivity index (χ0v) is 20.6. The molecule has 1 N–H and O–H groups in total. The first kappa shape index (κ1) is 23.1. The lowest BCUT2D eigenvalue weighted by atomic mass is 9.74. The van der Waals surface area contributed by atoms with Crippen LogP contribution in [0, 0.1) is 11.3 Å². The molecule has 3 heterocycles. The number of piperidine rings is 1. The number of nitriles is 1. The maximum Gasteiger partial charge on any atom is 0.254 e. The summed E-state index contributed by atoms with van der Waals surface area (Å²) in [6, 6.07) is 16.9. The van der Waals surface area contributed by atoms with Gasteiger partial charge in [-0.2, -0.15) is 5.26 Å². The second-order valence-corrected chi connectivity index (χ2v) is 10.7. The predicted molar refractivity (Wildman–Crippen MR) is 138 cm³/mol. The van der Waals surface area contributed by atoms with E-state index in [4.69, 9.17) is 0 Å². The number of nitrogens with zero attached hydrogens (tertiary/aromatic N) is 4. The lowest BCUT2D eigenvalue weighted by Crippen LogP contribution is -2.45. The molecule has 6 nitrogen and oxygen atoms in total. The Bertz CT molecular complexity index is 1320. The number of hydrogen-bond donors (Lipinski definition) is 1. The fourth-order valence-electron chi connectivity index (χ4n) is 6.57. The molecule has 0 bridgehead atoms. The molecular formula is C30H32N4O2. The molecule has 0 unspecified atom stereocenters. The third kappa shape index (κ3) is 3.87. The number of aliphatic hydroxyl groups excluding tert-OH is 1. The van der Waals surface area contributed by atoms with Crippen LogP contribution in [0.15, 0.2) is 54.9 Å². The van der Waals surface area contributed by atoms with Gasteiger partial charge in [-0.15, -0.1) is 0 Å². The van der Waals surface area contributed by atoms with Gasteiger partial charge in [-0.05, 0) is 65.3 Å². The van der Waals surface area contributed by atoms with Crippen molar-refractivity contribution in [2.24, 2.45) is 0 Å². The molecule has 36 heavy (non-hydrogen) atoms. The van der Waals surface area contributed by atoms with Crippen molar-refractivity contribution in [2.45, 2.75) is 69.2 Å². The summed E-state index contributed by atoms with van der Waals surface area (Å²) in [7, 11) is 0. The van der Waals surface area contributed by atoms with Crippen LogP contribution in [-0.2, 0) is 18.5 Å². The standard InChI is InChI=1S/C30H32N4O2/c31-20-30(22-6-5-13-32-17-22)11-14-33(15-12-30)18-21-16-25-26(24-8-2-1-7-23(21)24)19-34(29(25)36)27-9-3-4-10-28(27)35/h1-2,5-8,13,16-17,27-28,35H,3-4,9-12,14-15,18-19H2/t27-,28-/m0/s1. The zero-order chi connectivity index (χ0) is 24.7. The van der Waals surface area contributed by atoms with Gasteiger partial charge in [0.25, 0.3) is 5.91 Å². The molecule has 1 aliphatic carbocycles. The van der Waals surface area contributed by atoms with Crippen molar-refractivity contribution in [1.29, 1.82) is 5.26 Å². The van der Waals surface area contributed by atoms with E-state index in [0.29, 0.717) is 6.54 Å². The number of hydrogen-bond acceptors (Lipinski definition) is 5. The van der Waals surface area contributed by atoms with Crippen molar-refractivity contribution in [1.82, 2.24) is 14.8 Å². The summed E-state index contributed by atoms with van der Waals surface area (Å²) in [5.74, 6) is 0.0571. The van der Waals surface area contributed by atoms with Gasteiger partial charge < -0.3 is 10.0 Å². The first-order valence-electron chi connectivity index (χ1n) is 13.2. The minimum absolute atomic E-state index is 0.0571. The quantitative estimate of drug-likeness (QED) is 0.593. The van der Waals surface area contributed by atoms with Crippen LogP contribution in [0.2, 0.25) is 0 Å². The van der Waals surface area contributed by atoms with Crippen molar-refractivity contribution in [3.05, 3.63) is 77.1 Å². The van der Waals surface area contributed by atoms with Crippen LogP contribution in [0.4, 0.5) is 0 Å². The first-order chi connectivity index (χ1) is 17.6. The topological polar surface area (TPSA) is 80.5 Å². The van der Waals surface area contributed by atoms with Gasteiger partial charge in [0.1, 0.15) is 0 Å². The van der Waals surface area contributed by atoms with Crippen molar-refractivity contribution < 1.29 is 9.90 Å². The molecule has 6 heteroatoms. The summed E-state index contributed by atoms with van der Waals surface area (Å²) in [6.45, 7) is 2.97. The Hall–Kier alpha value is -3.27. The number of carbonyl (C=O) groups is 1. The van der Waals surface area contributed by atoms with Gasteiger partial charge in [0, 0.05) is 44.1 Å². The highest BCUT2D eigenvalue weighted by Gasteiger charge is 2.39. The third-order valence-electron chi connectivity index (χ3n) is 8.69. The predicted octanol–water partition coefficient (Wildman–Crippen LogP) is 4.55. The number of rotatable bonds is 4. The molecule has 6 rings (SSSR count). The summed E-state index contributed by atoms with van der Waals surface area (Å²) in [6.07, 6.45) is 8.42. The molecule has 184 valence electrons. The molecule has 2 fully saturated rings. The van der Waals surface area contributed by atoms with E-state index in [1.165, 1.54) is 5.39 Å². The van der Waals surface area contributed by atoms with E-state index in [1.807, 2.05) is 29.3 Å². The molecule has 1 aromatic heterocycles. The molecule has 3 aromatic rings. The Kier molecular flexibility index (Phi) is 5.99. The molecular weight excluding hydrogens is 448 g/mol. The average Bonchev–Trinajstić information content (AvgIpc) is 3.26. The molecule has 2 atom stereocenters. The maximum atomic E-state index is 13.6. The highest BCUT2D eigenvalue weighted by atomic mass is 16.3. The van der Waals surface area contributed by atoms with Gasteiger partial charge in [0.05, 0.1) is 23.6 Å². The number of aliphatic hydroxyl groups is 1. The van der Waals surface area contributed by atoms with Crippen LogP contribution in [0.1, 0.15) is 65.6 Å². The van der Waals surface area contributed by atoms with Crippen molar-refractivity contribution >= 4 is 16.7 Å². The summed E-state index contributed by atoms with van der Waals surface area (Å²) in [4.78, 5) is 22.1. The highest BCUT2D eigenvalue weighted by Crippen LogP contribution is 2.38. The summed E-state index contributed by atoms with van der Waals surface area (Å²) in [5, 5.41) is 23.0. The Balaban J connectivity index is 1.27. The van der Waals surface area contributed by atoms with Crippen molar-refractivity contribution in [3.8, 4) is 6.07 Å². The van der Waals surface area contributed by atoms with Gasteiger partial charge in [-0.1, -0.05) is 43.2 Å². The Morgan fingerprint density at radius 2 is 1.86 bits per heavy atom. The number of aromatic nitrogens is 1. The number of fused-ring (bicyclic) bond motifs is 3. The second-order valence-electron chi connectivity index (χ2n) is 10.7. The normalized spacial score (nSPS) is 24.0. The van der Waals surface area contributed by atoms with E-state index >= 15 is 0 Å². The SMILES string of the molecule is N#CC1(c2cccnc2)CCN(Cc2cc3c(c4ccccc24)CN([C@H]2CCCC[C@@H]2O)C3=O)CC1. The lowest BCUT2D eigenvalue weighted by Gasteiger charge is -2.37. The van der Waals surface area contributed by atoms with Gasteiger partial charge >= 0.3 is 0 Å². The van der Waals surface area contributed by atoms with Crippen LogP contribution in [0.5, 0.6) is 0 Å². The molecule has 3 aliphatic rings. The summed E-state index contributed by atoms with van der Waals surface area (Å²) in [5.41, 5.74) is 3.57. The van der Waals surface area contributed by atoms with Crippen molar-refractivity contribution in [3.63, 3.8) is 0 Å². The van der Waals surface area contributed by atoms with E-state index in [9.17, 15) is 15.2 Å². The van der Waals surface area contributed by atoms with Gasteiger partial charge in [-0.25, -0.2) is 0 Å². The molecule has 2 aliphatic heterocycles. The molecule has 0 radical (unpaired) electrons. The van der Waals surface area contributed by atoms with Crippen LogP contribution in [0.3, 0.4) is 0 Å². The smallest absolute Gasteiger partial charge is 0.254 e. The zero-order valence-electron chi connectivity index (χ0n) is 20.6. The van der Waals surface area contributed by atoms with Gasteiger partial charge in [0.2, 0.25) is 0 Å². The molecule has 0 spiro atoms. The van der Waals surface area contributed by atoms with Gasteiger partial charge in [0.15, 0.2) is 0 Å². The van der Waals surface area contributed by atoms with E-state index in [0.717, 1.165) is 85.8 Å². The minimum atomic E-state index is -0.484. The largest absolute Gasteiger partial charge is 0.391 e. The fourth-order valence-corrected chi connectivity index (χ4v) is 6.57. The highest BCUT2D eigenvalue weighted by molar-refractivity contribution is 6.05. The van der Waals surface area contributed by atoms with Crippen LogP contribution >= 0.6 is 0 Å². The Morgan fingerprint density at radius 1 is 1.08 bits per heavy atom. The molecule has 1 amide bonds. The van der Waals surface area contributed by atoms with Crippen LogP contribution in [-0.4, -0.2) is 51.0 Å². The number of benzene rings is 2.